The van der Waals surface area contributed by atoms with Gasteiger partial charge in [0.25, 0.3) is 5.91 Å². The van der Waals surface area contributed by atoms with Crippen molar-refractivity contribution in [1.29, 1.82) is 0 Å². The number of para-hydroxylation sites is 1. The van der Waals surface area contributed by atoms with Crippen molar-refractivity contribution in [2.45, 2.75) is 25.8 Å². The molecule has 3 aromatic rings. The van der Waals surface area contributed by atoms with E-state index >= 15 is 0 Å². The van der Waals surface area contributed by atoms with Crippen LogP contribution in [0.15, 0.2) is 78.9 Å². The Labute approximate surface area is 188 Å². The lowest BCUT2D eigenvalue weighted by atomic mass is 10.1. The lowest BCUT2D eigenvalue weighted by Crippen LogP contribution is -2.30. The summed E-state index contributed by atoms with van der Waals surface area (Å²) >= 11 is 0. The summed E-state index contributed by atoms with van der Waals surface area (Å²) in [6, 6.07) is 24.2. The quantitative estimate of drug-likeness (QED) is 0.491. The molecule has 3 amide bonds. The van der Waals surface area contributed by atoms with Crippen molar-refractivity contribution in [3.05, 3.63) is 90.0 Å². The van der Waals surface area contributed by atoms with Crippen LogP contribution >= 0.6 is 0 Å². The lowest BCUT2D eigenvalue weighted by molar-refractivity contribution is 0.0940. The van der Waals surface area contributed by atoms with Crippen LogP contribution in [0.5, 0.6) is 0 Å². The average molecular weight is 429 g/mol. The Balaban J connectivity index is 1.54. The monoisotopic (exact) mass is 428 g/mol. The van der Waals surface area contributed by atoms with E-state index in [-0.39, 0.29) is 18.0 Å². The van der Waals surface area contributed by atoms with E-state index in [1.54, 1.807) is 6.07 Å². The van der Waals surface area contributed by atoms with Crippen molar-refractivity contribution in [3.8, 4) is 0 Å². The highest BCUT2D eigenvalue weighted by atomic mass is 16.2. The fourth-order valence-electron chi connectivity index (χ4n) is 3.94. The Morgan fingerprint density at radius 3 is 2.12 bits per heavy atom. The predicted octanol–water partition coefficient (Wildman–Crippen LogP) is 5.42. The molecule has 0 bridgehead atoms. The van der Waals surface area contributed by atoms with Crippen LogP contribution in [0, 0.1) is 0 Å². The molecule has 0 saturated carbocycles. The summed E-state index contributed by atoms with van der Waals surface area (Å²) in [5.74, 6) is -0.157. The van der Waals surface area contributed by atoms with Crippen LogP contribution in [-0.4, -0.2) is 25.0 Å². The third kappa shape index (κ3) is 5.27. The van der Waals surface area contributed by atoms with Crippen molar-refractivity contribution >= 4 is 29.0 Å². The minimum atomic E-state index is -0.353. The molecule has 0 aromatic heterocycles. The zero-order valence-corrected chi connectivity index (χ0v) is 18.2. The minimum Gasteiger partial charge on any atom is -0.371 e. The van der Waals surface area contributed by atoms with Crippen molar-refractivity contribution in [3.63, 3.8) is 0 Å². The molecule has 3 N–H and O–H groups in total. The second-order valence-corrected chi connectivity index (χ2v) is 7.98. The first-order valence-electron chi connectivity index (χ1n) is 11.0. The molecule has 0 spiro atoms. The fourth-order valence-corrected chi connectivity index (χ4v) is 3.94. The van der Waals surface area contributed by atoms with Gasteiger partial charge in [-0.25, -0.2) is 4.79 Å². The number of carbonyl (C=O) groups is 2. The highest BCUT2D eigenvalue weighted by Crippen LogP contribution is 2.28. The molecule has 0 radical (unpaired) electrons. The number of anilines is 3. The zero-order chi connectivity index (χ0) is 22.3. The highest BCUT2D eigenvalue weighted by molar-refractivity contribution is 6.04. The van der Waals surface area contributed by atoms with E-state index in [4.69, 9.17) is 0 Å². The summed E-state index contributed by atoms with van der Waals surface area (Å²) in [6.45, 7) is 3.82. The van der Waals surface area contributed by atoms with Gasteiger partial charge in [-0.05, 0) is 55.7 Å². The van der Waals surface area contributed by atoms with E-state index in [0.717, 1.165) is 37.2 Å². The Hall–Kier alpha value is -3.80. The third-order valence-electron chi connectivity index (χ3n) is 5.62. The van der Waals surface area contributed by atoms with Gasteiger partial charge in [0, 0.05) is 30.2 Å². The standard InChI is InChI=1S/C26H28N4O2/c1-19(20-10-4-2-5-11-20)27-25(31)23-18-22(14-15-24(23)30-16-8-9-17-30)29-26(32)28-21-12-6-3-7-13-21/h2-7,10-15,18-19H,8-9,16-17H2,1H3,(H,27,31)(H2,28,29,32). The number of nitrogens with one attached hydrogen (secondary N) is 3. The van der Waals surface area contributed by atoms with Gasteiger partial charge in [-0.1, -0.05) is 48.5 Å². The average Bonchev–Trinajstić information content (AvgIpc) is 3.35. The molecule has 1 saturated heterocycles. The second-order valence-electron chi connectivity index (χ2n) is 7.98. The van der Waals surface area contributed by atoms with Crippen LogP contribution in [0.4, 0.5) is 21.9 Å². The number of hydrogen-bond acceptors (Lipinski definition) is 3. The summed E-state index contributed by atoms with van der Waals surface area (Å²) in [5, 5.41) is 8.74. The largest absolute Gasteiger partial charge is 0.371 e. The lowest BCUT2D eigenvalue weighted by Gasteiger charge is -2.23. The van der Waals surface area contributed by atoms with Gasteiger partial charge in [-0.15, -0.1) is 0 Å². The molecule has 1 heterocycles. The smallest absolute Gasteiger partial charge is 0.323 e. The number of carbonyl (C=O) groups excluding carboxylic acids is 2. The van der Waals surface area contributed by atoms with E-state index in [2.05, 4.69) is 20.9 Å². The highest BCUT2D eigenvalue weighted by Gasteiger charge is 2.22. The maximum Gasteiger partial charge on any atom is 0.323 e. The number of urea groups is 1. The molecule has 1 atom stereocenters. The molecule has 1 aliphatic heterocycles. The SMILES string of the molecule is CC(NC(=O)c1cc(NC(=O)Nc2ccccc2)ccc1N1CCCC1)c1ccccc1. The van der Waals surface area contributed by atoms with Gasteiger partial charge in [0.05, 0.1) is 11.6 Å². The first-order chi connectivity index (χ1) is 15.6. The van der Waals surface area contributed by atoms with Gasteiger partial charge in [-0.3, -0.25) is 4.79 Å². The van der Waals surface area contributed by atoms with Crippen molar-refractivity contribution in [1.82, 2.24) is 5.32 Å². The van der Waals surface area contributed by atoms with Crippen molar-refractivity contribution in [2.75, 3.05) is 28.6 Å². The Morgan fingerprint density at radius 1 is 0.812 bits per heavy atom. The molecule has 32 heavy (non-hydrogen) atoms. The summed E-state index contributed by atoms with van der Waals surface area (Å²) in [5.41, 5.74) is 3.77. The van der Waals surface area contributed by atoms with Gasteiger partial charge in [0.1, 0.15) is 0 Å². The molecule has 3 aromatic carbocycles. The molecule has 0 aliphatic carbocycles. The van der Waals surface area contributed by atoms with Crippen LogP contribution in [0.25, 0.3) is 0 Å². The van der Waals surface area contributed by atoms with Gasteiger partial charge >= 0.3 is 6.03 Å². The van der Waals surface area contributed by atoms with Crippen molar-refractivity contribution in [2.24, 2.45) is 0 Å². The maximum atomic E-state index is 13.3. The number of nitrogens with zero attached hydrogens (tertiary/aromatic N) is 1. The fraction of sp³-hybridized carbons (Fsp3) is 0.231. The van der Waals surface area contributed by atoms with Crippen LogP contribution in [0.3, 0.4) is 0 Å². The Bertz CT molecular complexity index is 1060. The van der Waals surface area contributed by atoms with E-state index in [1.165, 1.54) is 0 Å². The second kappa shape index (κ2) is 10.0. The minimum absolute atomic E-state index is 0.131. The zero-order valence-electron chi connectivity index (χ0n) is 18.2. The molecule has 6 nitrogen and oxygen atoms in total. The molecule has 1 unspecified atom stereocenters. The molecule has 6 heteroatoms. The number of hydrogen-bond donors (Lipinski definition) is 3. The molecule has 164 valence electrons. The van der Waals surface area contributed by atoms with Gasteiger partial charge in [-0.2, -0.15) is 0 Å². The first-order valence-corrected chi connectivity index (χ1v) is 11.0. The summed E-state index contributed by atoms with van der Waals surface area (Å²) in [7, 11) is 0. The summed E-state index contributed by atoms with van der Waals surface area (Å²) in [4.78, 5) is 27.9. The van der Waals surface area contributed by atoms with Crippen LogP contribution in [0.2, 0.25) is 0 Å². The Kier molecular flexibility index (Phi) is 6.70. The molecule has 1 fully saturated rings. The van der Waals surface area contributed by atoms with E-state index < -0.39 is 0 Å². The molecular weight excluding hydrogens is 400 g/mol. The van der Waals surface area contributed by atoms with Crippen molar-refractivity contribution < 1.29 is 9.59 Å². The van der Waals surface area contributed by atoms with Crippen LogP contribution < -0.4 is 20.9 Å². The molecular formula is C26H28N4O2. The first kappa shape index (κ1) is 21.4. The number of amides is 3. The number of benzene rings is 3. The van der Waals surface area contributed by atoms with Crippen LogP contribution in [0.1, 0.15) is 41.7 Å². The molecule has 4 rings (SSSR count). The van der Waals surface area contributed by atoms with Gasteiger partial charge < -0.3 is 20.9 Å². The molecule has 1 aliphatic rings. The topological polar surface area (TPSA) is 73.5 Å². The van der Waals surface area contributed by atoms with E-state index in [0.29, 0.717) is 16.9 Å². The third-order valence-corrected chi connectivity index (χ3v) is 5.62. The van der Waals surface area contributed by atoms with Crippen LogP contribution in [-0.2, 0) is 0 Å². The summed E-state index contributed by atoms with van der Waals surface area (Å²) < 4.78 is 0. The normalized spacial score (nSPS) is 14.0. The van der Waals surface area contributed by atoms with E-state index in [9.17, 15) is 9.59 Å². The van der Waals surface area contributed by atoms with E-state index in [1.807, 2.05) is 79.7 Å². The maximum absolute atomic E-state index is 13.3. The Morgan fingerprint density at radius 2 is 1.44 bits per heavy atom. The van der Waals surface area contributed by atoms with Gasteiger partial charge in [0.2, 0.25) is 0 Å². The van der Waals surface area contributed by atoms with Gasteiger partial charge in [0.15, 0.2) is 0 Å². The summed E-state index contributed by atoms with van der Waals surface area (Å²) in [6.07, 6.45) is 2.22. The number of rotatable bonds is 6. The predicted molar refractivity (Wildman–Crippen MR) is 129 cm³/mol.